The monoisotopic (exact) mass is 292 g/mol. The lowest BCUT2D eigenvalue weighted by Gasteiger charge is -2.24. The molecule has 0 bridgehead atoms. The highest BCUT2D eigenvalue weighted by Gasteiger charge is 2.29. The second kappa shape index (κ2) is 6.60. The number of hydrogen-bond donors (Lipinski definition) is 2. The second-order valence-electron chi connectivity index (χ2n) is 6.30. The van der Waals surface area contributed by atoms with Gasteiger partial charge in [-0.15, -0.1) is 0 Å². The van der Waals surface area contributed by atoms with Crippen molar-refractivity contribution in [2.45, 2.75) is 63.8 Å². The molecule has 1 aromatic rings. The average Bonchev–Trinajstić information content (AvgIpc) is 2.81. The molecule has 5 nitrogen and oxygen atoms in total. The molecule has 3 rings (SSSR count). The van der Waals surface area contributed by atoms with Crippen LogP contribution in [0.25, 0.3) is 0 Å². The van der Waals surface area contributed by atoms with Crippen LogP contribution in [-0.4, -0.2) is 28.8 Å². The van der Waals surface area contributed by atoms with Gasteiger partial charge in [0.25, 0.3) is 5.91 Å². The summed E-state index contributed by atoms with van der Waals surface area (Å²) in [5, 5.41) is 16.6. The minimum absolute atomic E-state index is 0.0564. The van der Waals surface area contributed by atoms with E-state index in [2.05, 4.69) is 10.5 Å². The van der Waals surface area contributed by atoms with Crippen molar-refractivity contribution in [3.63, 3.8) is 0 Å². The van der Waals surface area contributed by atoms with E-state index in [1.165, 1.54) is 6.42 Å². The first-order valence-electron chi connectivity index (χ1n) is 8.18. The molecule has 0 radical (unpaired) electrons. The lowest BCUT2D eigenvalue weighted by Crippen LogP contribution is -2.41. The van der Waals surface area contributed by atoms with Gasteiger partial charge in [-0.05, 0) is 32.1 Å². The van der Waals surface area contributed by atoms with Gasteiger partial charge in [-0.25, -0.2) is 0 Å². The second-order valence-corrected chi connectivity index (χ2v) is 6.30. The Morgan fingerprint density at radius 3 is 2.86 bits per heavy atom. The number of aliphatic hydroxyl groups excluding tert-OH is 1. The molecule has 2 aliphatic carbocycles. The summed E-state index contributed by atoms with van der Waals surface area (Å²) >= 11 is 0. The van der Waals surface area contributed by atoms with Crippen molar-refractivity contribution in [3.8, 4) is 0 Å². The van der Waals surface area contributed by atoms with Crippen LogP contribution >= 0.6 is 0 Å². The van der Waals surface area contributed by atoms with E-state index >= 15 is 0 Å². The van der Waals surface area contributed by atoms with Gasteiger partial charge >= 0.3 is 0 Å². The van der Waals surface area contributed by atoms with Crippen LogP contribution in [0.2, 0.25) is 0 Å². The number of aromatic nitrogens is 1. The Kier molecular flexibility index (Phi) is 4.58. The molecule has 5 heteroatoms. The van der Waals surface area contributed by atoms with Crippen molar-refractivity contribution in [1.29, 1.82) is 0 Å². The van der Waals surface area contributed by atoms with Crippen LogP contribution in [-0.2, 0) is 12.8 Å². The van der Waals surface area contributed by atoms with E-state index < -0.39 is 0 Å². The van der Waals surface area contributed by atoms with Gasteiger partial charge < -0.3 is 14.9 Å². The highest BCUT2D eigenvalue weighted by molar-refractivity contribution is 5.94. The summed E-state index contributed by atoms with van der Waals surface area (Å²) in [6.07, 6.45) is 9.33. The molecule has 2 N–H and O–H groups in total. The van der Waals surface area contributed by atoms with Gasteiger partial charge in [-0.1, -0.05) is 24.4 Å². The molecule has 2 atom stereocenters. The molecule has 1 heterocycles. The predicted octanol–water partition coefficient (Wildman–Crippen LogP) is 2.22. The van der Waals surface area contributed by atoms with Gasteiger partial charge in [0.05, 0.1) is 0 Å². The van der Waals surface area contributed by atoms with Crippen molar-refractivity contribution in [2.75, 3.05) is 6.61 Å². The smallest absolute Gasteiger partial charge is 0.273 e. The van der Waals surface area contributed by atoms with Crippen LogP contribution in [0.15, 0.2) is 4.52 Å². The van der Waals surface area contributed by atoms with E-state index in [9.17, 15) is 9.90 Å². The Morgan fingerprint density at radius 2 is 2.00 bits per heavy atom. The average molecular weight is 292 g/mol. The number of rotatable bonds is 3. The molecule has 116 valence electrons. The summed E-state index contributed by atoms with van der Waals surface area (Å²) in [6.45, 7) is 0.141. The molecule has 0 aliphatic heterocycles. The first kappa shape index (κ1) is 14.6. The molecule has 2 aliphatic rings. The lowest BCUT2D eigenvalue weighted by atomic mass is 9.94. The van der Waals surface area contributed by atoms with Gasteiger partial charge in [0.1, 0.15) is 5.76 Å². The summed E-state index contributed by atoms with van der Waals surface area (Å²) in [6, 6.07) is 0.0564. The van der Waals surface area contributed by atoms with Gasteiger partial charge in [-0.3, -0.25) is 4.79 Å². The van der Waals surface area contributed by atoms with Crippen molar-refractivity contribution < 1.29 is 14.4 Å². The maximum absolute atomic E-state index is 12.5. The third kappa shape index (κ3) is 3.12. The number of hydrogen-bond acceptors (Lipinski definition) is 4. The molecule has 21 heavy (non-hydrogen) atoms. The maximum atomic E-state index is 12.5. The number of nitrogens with zero attached hydrogens (tertiary/aromatic N) is 1. The summed E-state index contributed by atoms with van der Waals surface area (Å²) in [7, 11) is 0. The number of fused-ring (bicyclic) bond motifs is 1. The van der Waals surface area contributed by atoms with Crippen molar-refractivity contribution >= 4 is 5.91 Å². The quantitative estimate of drug-likeness (QED) is 0.838. The Morgan fingerprint density at radius 1 is 1.19 bits per heavy atom. The minimum Gasteiger partial charge on any atom is -0.396 e. The Hall–Kier alpha value is -1.36. The standard InChI is InChI=1S/C16H24N2O3/c19-10-11-6-2-1-3-8-13(11)17-16(20)15-12-7-4-5-9-14(12)21-18-15/h11,13,19H,1-10H2,(H,17,20). The summed E-state index contributed by atoms with van der Waals surface area (Å²) in [4.78, 5) is 12.5. The Balaban J connectivity index is 1.71. The van der Waals surface area contributed by atoms with E-state index in [0.29, 0.717) is 5.69 Å². The van der Waals surface area contributed by atoms with Crippen LogP contribution in [0.3, 0.4) is 0 Å². The predicted molar refractivity (Wildman–Crippen MR) is 78.1 cm³/mol. The van der Waals surface area contributed by atoms with Crippen LogP contribution in [0.5, 0.6) is 0 Å². The topological polar surface area (TPSA) is 75.4 Å². The molecule has 1 aromatic heterocycles. The maximum Gasteiger partial charge on any atom is 0.273 e. The molecule has 1 fully saturated rings. The van der Waals surface area contributed by atoms with Gasteiger partial charge in [0.15, 0.2) is 5.69 Å². The van der Waals surface area contributed by atoms with E-state index in [1.54, 1.807) is 0 Å². The molecular weight excluding hydrogens is 268 g/mol. The Bertz CT molecular complexity index is 498. The summed E-state index contributed by atoms with van der Waals surface area (Å²) < 4.78 is 5.32. The zero-order valence-corrected chi connectivity index (χ0v) is 12.4. The first-order chi connectivity index (χ1) is 10.3. The van der Waals surface area contributed by atoms with Crippen LogP contribution in [0, 0.1) is 5.92 Å². The highest BCUT2D eigenvalue weighted by atomic mass is 16.5. The molecule has 2 unspecified atom stereocenters. The number of amides is 1. The summed E-state index contributed by atoms with van der Waals surface area (Å²) in [5.74, 6) is 0.914. The van der Waals surface area contributed by atoms with Gasteiger partial charge in [0, 0.05) is 30.6 Å². The largest absolute Gasteiger partial charge is 0.396 e. The van der Waals surface area contributed by atoms with E-state index in [4.69, 9.17) is 4.52 Å². The van der Waals surface area contributed by atoms with Crippen molar-refractivity contribution in [2.24, 2.45) is 5.92 Å². The number of nitrogens with one attached hydrogen (secondary N) is 1. The zero-order chi connectivity index (χ0) is 14.7. The van der Waals surface area contributed by atoms with Crippen LogP contribution in [0.4, 0.5) is 0 Å². The third-order valence-electron chi connectivity index (χ3n) is 4.88. The molecule has 1 amide bonds. The van der Waals surface area contributed by atoms with E-state index in [0.717, 1.165) is 62.7 Å². The van der Waals surface area contributed by atoms with E-state index in [-0.39, 0.29) is 24.5 Å². The van der Waals surface area contributed by atoms with Gasteiger partial charge in [-0.2, -0.15) is 0 Å². The van der Waals surface area contributed by atoms with Gasteiger partial charge in [0.2, 0.25) is 0 Å². The molecule has 0 aromatic carbocycles. The number of carbonyl (C=O) groups excluding carboxylic acids is 1. The lowest BCUT2D eigenvalue weighted by molar-refractivity contribution is 0.0889. The number of aryl methyl sites for hydroxylation is 1. The molecule has 0 spiro atoms. The highest BCUT2D eigenvalue weighted by Crippen LogP contribution is 2.26. The van der Waals surface area contributed by atoms with Crippen molar-refractivity contribution in [3.05, 3.63) is 17.0 Å². The minimum atomic E-state index is -0.132. The summed E-state index contributed by atoms with van der Waals surface area (Å²) in [5.41, 5.74) is 1.46. The van der Waals surface area contributed by atoms with Crippen molar-refractivity contribution in [1.82, 2.24) is 10.5 Å². The number of carbonyl (C=O) groups is 1. The fraction of sp³-hybridized carbons (Fsp3) is 0.750. The zero-order valence-electron chi connectivity index (χ0n) is 12.4. The fourth-order valence-electron chi connectivity index (χ4n) is 3.59. The molecular formula is C16H24N2O3. The van der Waals surface area contributed by atoms with E-state index in [1.807, 2.05) is 0 Å². The number of aliphatic hydroxyl groups is 1. The fourth-order valence-corrected chi connectivity index (χ4v) is 3.59. The van der Waals surface area contributed by atoms with Crippen LogP contribution < -0.4 is 5.32 Å². The Labute approximate surface area is 125 Å². The van der Waals surface area contributed by atoms with Crippen LogP contribution in [0.1, 0.15) is 66.8 Å². The first-order valence-corrected chi connectivity index (χ1v) is 8.18. The third-order valence-corrected chi connectivity index (χ3v) is 4.88. The SMILES string of the molecule is O=C(NC1CCCCCC1CO)c1noc2c1CCCC2. The molecule has 1 saturated carbocycles. The normalized spacial score (nSPS) is 26.0. The molecule has 0 saturated heterocycles.